The first-order chi connectivity index (χ1) is 11.6. The standard InChI is InChI=1S/C18H15ClN4O/c1-12-8-17(21-11-20-12)22-15-6-3-7-16(10-15)23-18(24)13-4-2-5-14(19)9-13/h2-11H,1H3,(H,23,24)(H,20,21,22). The third-order valence-electron chi connectivity index (χ3n) is 3.28. The van der Waals surface area contributed by atoms with Crippen molar-refractivity contribution in [2.45, 2.75) is 6.92 Å². The molecule has 0 radical (unpaired) electrons. The largest absolute Gasteiger partial charge is 0.340 e. The molecule has 0 aliphatic heterocycles. The number of aromatic nitrogens is 2. The van der Waals surface area contributed by atoms with E-state index < -0.39 is 0 Å². The number of amides is 1. The molecule has 6 heteroatoms. The van der Waals surface area contributed by atoms with Gasteiger partial charge in [-0.3, -0.25) is 4.79 Å². The predicted molar refractivity (Wildman–Crippen MR) is 95.9 cm³/mol. The highest BCUT2D eigenvalue weighted by atomic mass is 35.5. The van der Waals surface area contributed by atoms with E-state index in [1.54, 1.807) is 24.3 Å². The van der Waals surface area contributed by atoms with Gasteiger partial charge in [0.25, 0.3) is 5.91 Å². The maximum atomic E-state index is 12.3. The minimum Gasteiger partial charge on any atom is -0.340 e. The van der Waals surface area contributed by atoms with Crippen LogP contribution in [0.2, 0.25) is 5.02 Å². The number of aryl methyl sites for hydroxylation is 1. The Morgan fingerprint density at radius 1 is 1.00 bits per heavy atom. The van der Waals surface area contributed by atoms with Crippen molar-refractivity contribution in [1.29, 1.82) is 0 Å². The molecule has 0 aliphatic carbocycles. The maximum absolute atomic E-state index is 12.3. The third kappa shape index (κ3) is 4.08. The number of hydrogen-bond donors (Lipinski definition) is 2. The van der Waals surface area contributed by atoms with Gasteiger partial charge in [0.2, 0.25) is 0 Å². The van der Waals surface area contributed by atoms with Crippen molar-refractivity contribution in [3.63, 3.8) is 0 Å². The highest BCUT2D eigenvalue weighted by Crippen LogP contribution is 2.20. The molecule has 0 fully saturated rings. The van der Waals surface area contributed by atoms with E-state index in [1.807, 2.05) is 37.3 Å². The van der Waals surface area contributed by atoms with Gasteiger partial charge >= 0.3 is 0 Å². The van der Waals surface area contributed by atoms with Crippen LogP contribution in [-0.4, -0.2) is 15.9 Å². The second-order valence-electron chi connectivity index (χ2n) is 5.21. The van der Waals surface area contributed by atoms with Gasteiger partial charge in [0.1, 0.15) is 12.1 Å². The van der Waals surface area contributed by atoms with E-state index in [0.717, 1.165) is 11.4 Å². The normalized spacial score (nSPS) is 10.2. The summed E-state index contributed by atoms with van der Waals surface area (Å²) in [7, 11) is 0. The van der Waals surface area contributed by atoms with Crippen LogP contribution in [0.1, 0.15) is 16.1 Å². The summed E-state index contributed by atoms with van der Waals surface area (Å²) in [6.45, 7) is 1.90. The lowest BCUT2D eigenvalue weighted by Crippen LogP contribution is -2.11. The van der Waals surface area contributed by atoms with Gasteiger partial charge in [-0.25, -0.2) is 9.97 Å². The summed E-state index contributed by atoms with van der Waals surface area (Å²) < 4.78 is 0. The van der Waals surface area contributed by atoms with Crippen LogP contribution in [0.25, 0.3) is 0 Å². The number of rotatable bonds is 4. The molecule has 0 bridgehead atoms. The van der Waals surface area contributed by atoms with Gasteiger partial charge in [-0.2, -0.15) is 0 Å². The number of carbonyl (C=O) groups excluding carboxylic acids is 1. The summed E-state index contributed by atoms with van der Waals surface area (Å²) in [5, 5.41) is 6.56. The van der Waals surface area contributed by atoms with Crippen molar-refractivity contribution in [3.05, 3.63) is 77.2 Å². The SMILES string of the molecule is Cc1cc(Nc2cccc(NC(=O)c3cccc(Cl)c3)c2)ncn1. The molecule has 0 atom stereocenters. The summed E-state index contributed by atoms with van der Waals surface area (Å²) >= 11 is 5.92. The van der Waals surface area contributed by atoms with Gasteiger partial charge in [-0.15, -0.1) is 0 Å². The lowest BCUT2D eigenvalue weighted by atomic mass is 10.2. The minimum atomic E-state index is -0.215. The Hall–Kier alpha value is -2.92. The van der Waals surface area contributed by atoms with Crippen molar-refractivity contribution in [1.82, 2.24) is 9.97 Å². The highest BCUT2D eigenvalue weighted by Gasteiger charge is 2.07. The van der Waals surface area contributed by atoms with Gasteiger partial charge in [0.05, 0.1) is 0 Å². The summed E-state index contributed by atoms with van der Waals surface area (Å²) in [4.78, 5) is 20.5. The monoisotopic (exact) mass is 338 g/mol. The fourth-order valence-electron chi connectivity index (χ4n) is 2.18. The van der Waals surface area contributed by atoms with Crippen LogP contribution in [-0.2, 0) is 0 Å². The Kier molecular flexibility index (Phi) is 4.72. The Balaban J connectivity index is 1.74. The Morgan fingerprint density at radius 3 is 2.58 bits per heavy atom. The molecule has 0 aliphatic rings. The molecule has 120 valence electrons. The molecule has 5 nitrogen and oxygen atoms in total. The van der Waals surface area contributed by atoms with Crippen molar-refractivity contribution in [2.24, 2.45) is 0 Å². The molecule has 1 amide bonds. The second-order valence-corrected chi connectivity index (χ2v) is 5.65. The zero-order valence-corrected chi connectivity index (χ0v) is 13.7. The lowest BCUT2D eigenvalue weighted by Gasteiger charge is -2.09. The molecule has 1 heterocycles. The van der Waals surface area contributed by atoms with Gasteiger partial charge in [0, 0.05) is 33.7 Å². The van der Waals surface area contributed by atoms with Crippen LogP contribution in [0.5, 0.6) is 0 Å². The molecule has 2 aromatic carbocycles. The Labute approximate surface area is 144 Å². The molecule has 0 unspecified atom stereocenters. The summed E-state index contributed by atoms with van der Waals surface area (Å²) in [5.74, 6) is 0.480. The van der Waals surface area contributed by atoms with Crippen LogP contribution in [0.4, 0.5) is 17.2 Å². The number of anilines is 3. The molecule has 3 aromatic rings. The zero-order chi connectivity index (χ0) is 16.9. The fraction of sp³-hybridized carbons (Fsp3) is 0.0556. The molecular formula is C18H15ClN4O. The van der Waals surface area contributed by atoms with E-state index in [4.69, 9.17) is 11.6 Å². The van der Waals surface area contributed by atoms with Gasteiger partial charge < -0.3 is 10.6 Å². The topological polar surface area (TPSA) is 66.9 Å². The Morgan fingerprint density at radius 2 is 1.79 bits per heavy atom. The van der Waals surface area contributed by atoms with Crippen LogP contribution in [0.3, 0.4) is 0 Å². The molecule has 0 saturated carbocycles. The Bertz CT molecular complexity index is 882. The number of halogens is 1. The van der Waals surface area contributed by atoms with Gasteiger partial charge in [-0.05, 0) is 43.3 Å². The van der Waals surface area contributed by atoms with Crippen molar-refractivity contribution in [2.75, 3.05) is 10.6 Å². The predicted octanol–water partition coefficient (Wildman–Crippen LogP) is 4.43. The van der Waals surface area contributed by atoms with E-state index >= 15 is 0 Å². The molecule has 1 aromatic heterocycles. The first-order valence-electron chi connectivity index (χ1n) is 7.33. The van der Waals surface area contributed by atoms with Gasteiger partial charge in [-0.1, -0.05) is 23.7 Å². The van der Waals surface area contributed by atoms with Crippen LogP contribution in [0, 0.1) is 6.92 Å². The first-order valence-corrected chi connectivity index (χ1v) is 7.70. The molecule has 24 heavy (non-hydrogen) atoms. The average Bonchev–Trinajstić information content (AvgIpc) is 2.55. The maximum Gasteiger partial charge on any atom is 0.255 e. The van der Waals surface area contributed by atoms with Crippen molar-refractivity contribution in [3.8, 4) is 0 Å². The third-order valence-corrected chi connectivity index (χ3v) is 3.52. The number of nitrogens with zero attached hydrogens (tertiary/aromatic N) is 2. The average molecular weight is 339 g/mol. The first kappa shape index (κ1) is 16.0. The molecule has 0 saturated heterocycles. The summed E-state index contributed by atoms with van der Waals surface area (Å²) in [6, 6.07) is 16.1. The smallest absolute Gasteiger partial charge is 0.255 e. The lowest BCUT2D eigenvalue weighted by molar-refractivity contribution is 0.102. The molecule has 2 N–H and O–H groups in total. The minimum absolute atomic E-state index is 0.215. The van der Waals surface area contributed by atoms with E-state index in [0.29, 0.717) is 22.1 Å². The van der Waals surface area contributed by atoms with Crippen LogP contribution in [0.15, 0.2) is 60.9 Å². The summed E-state index contributed by atoms with van der Waals surface area (Å²) in [6.07, 6.45) is 1.50. The molecular weight excluding hydrogens is 324 g/mol. The van der Waals surface area contributed by atoms with Crippen molar-refractivity contribution < 1.29 is 4.79 Å². The quantitative estimate of drug-likeness (QED) is 0.738. The van der Waals surface area contributed by atoms with E-state index in [-0.39, 0.29) is 5.91 Å². The number of benzene rings is 2. The van der Waals surface area contributed by atoms with Crippen molar-refractivity contribution >= 4 is 34.7 Å². The van der Waals surface area contributed by atoms with E-state index in [2.05, 4.69) is 20.6 Å². The van der Waals surface area contributed by atoms with Crippen LogP contribution >= 0.6 is 11.6 Å². The number of hydrogen-bond acceptors (Lipinski definition) is 4. The van der Waals surface area contributed by atoms with Gasteiger partial charge in [0.15, 0.2) is 0 Å². The molecule has 0 spiro atoms. The van der Waals surface area contributed by atoms with E-state index in [1.165, 1.54) is 6.33 Å². The fourth-order valence-corrected chi connectivity index (χ4v) is 2.37. The van der Waals surface area contributed by atoms with E-state index in [9.17, 15) is 4.79 Å². The number of nitrogens with one attached hydrogen (secondary N) is 2. The zero-order valence-electron chi connectivity index (χ0n) is 13.0. The number of carbonyl (C=O) groups is 1. The highest BCUT2D eigenvalue weighted by molar-refractivity contribution is 6.31. The van der Waals surface area contributed by atoms with Crippen LogP contribution < -0.4 is 10.6 Å². The second kappa shape index (κ2) is 7.10. The summed E-state index contributed by atoms with van der Waals surface area (Å²) in [5.41, 5.74) is 2.87. The molecule has 3 rings (SSSR count).